The first-order valence-electron chi connectivity index (χ1n) is 10.9. The van der Waals surface area contributed by atoms with E-state index in [9.17, 15) is 9.59 Å². The number of benzene rings is 2. The Kier molecular flexibility index (Phi) is 7.55. The Morgan fingerprint density at radius 2 is 1.94 bits per heavy atom. The van der Waals surface area contributed by atoms with Gasteiger partial charge in [0.15, 0.2) is 18.1 Å². The number of carbonyl (C=O) groups excluding carboxylic acids is 2. The largest absolute Gasteiger partial charge is 0.490 e. The van der Waals surface area contributed by atoms with Gasteiger partial charge in [-0.2, -0.15) is 0 Å². The highest BCUT2D eigenvalue weighted by atomic mass is 32.2. The number of amides is 2. The van der Waals surface area contributed by atoms with E-state index in [1.165, 1.54) is 4.90 Å². The molecule has 2 aromatic carbocycles. The van der Waals surface area contributed by atoms with E-state index in [1.54, 1.807) is 23.1 Å². The zero-order chi connectivity index (χ0) is 22.3. The van der Waals surface area contributed by atoms with Crippen molar-refractivity contribution >= 4 is 23.6 Å². The summed E-state index contributed by atoms with van der Waals surface area (Å²) in [5.41, 5.74) is 1.65. The van der Waals surface area contributed by atoms with Gasteiger partial charge in [-0.3, -0.25) is 9.59 Å². The van der Waals surface area contributed by atoms with Gasteiger partial charge in [-0.15, -0.1) is 11.8 Å². The van der Waals surface area contributed by atoms with Gasteiger partial charge < -0.3 is 24.4 Å². The first-order valence-corrected chi connectivity index (χ1v) is 11.9. The molecule has 170 valence electrons. The zero-order valence-electron chi connectivity index (χ0n) is 18.2. The number of rotatable bonds is 7. The van der Waals surface area contributed by atoms with Crippen LogP contribution in [0.15, 0.2) is 47.4 Å². The predicted molar refractivity (Wildman–Crippen MR) is 122 cm³/mol. The van der Waals surface area contributed by atoms with Crippen LogP contribution in [-0.2, 0) is 9.53 Å². The summed E-state index contributed by atoms with van der Waals surface area (Å²) < 4.78 is 16.7. The van der Waals surface area contributed by atoms with Crippen molar-refractivity contribution in [2.75, 3.05) is 45.3 Å². The topological polar surface area (TPSA) is 77.1 Å². The second-order valence-corrected chi connectivity index (χ2v) is 8.71. The van der Waals surface area contributed by atoms with Crippen LogP contribution in [0.4, 0.5) is 0 Å². The van der Waals surface area contributed by atoms with Crippen molar-refractivity contribution in [1.29, 1.82) is 0 Å². The number of morpholine rings is 1. The van der Waals surface area contributed by atoms with E-state index >= 15 is 0 Å². The molecule has 1 saturated heterocycles. The molecule has 0 radical (unpaired) electrons. The van der Waals surface area contributed by atoms with E-state index in [2.05, 4.69) is 17.4 Å². The first-order chi connectivity index (χ1) is 15.7. The minimum absolute atomic E-state index is 0.0161. The van der Waals surface area contributed by atoms with Gasteiger partial charge in [-0.25, -0.2) is 0 Å². The highest BCUT2D eigenvalue weighted by Crippen LogP contribution is 2.36. The van der Waals surface area contributed by atoms with Crippen LogP contribution in [0, 0.1) is 0 Å². The number of ether oxygens (including phenoxy) is 3. The smallest absolute Gasteiger partial charge is 0.260 e. The fourth-order valence-corrected chi connectivity index (χ4v) is 4.94. The quantitative estimate of drug-likeness (QED) is 0.689. The van der Waals surface area contributed by atoms with Crippen LogP contribution in [-0.4, -0.2) is 62.0 Å². The van der Waals surface area contributed by atoms with E-state index in [1.807, 2.05) is 30.8 Å². The molecule has 8 heteroatoms. The Bertz CT molecular complexity index is 961. The average Bonchev–Trinajstić information content (AvgIpc) is 2.84. The molecule has 1 unspecified atom stereocenters. The fraction of sp³-hybridized carbons (Fsp3) is 0.417. The molecule has 0 saturated carbocycles. The molecule has 2 aliphatic rings. The zero-order valence-corrected chi connectivity index (χ0v) is 19.0. The van der Waals surface area contributed by atoms with Crippen LogP contribution in [0.25, 0.3) is 0 Å². The van der Waals surface area contributed by atoms with Crippen molar-refractivity contribution in [3.05, 3.63) is 53.6 Å². The van der Waals surface area contributed by atoms with Gasteiger partial charge in [0, 0.05) is 29.3 Å². The van der Waals surface area contributed by atoms with Gasteiger partial charge >= 0.3 is 0 Å². The highest BCUT2D eigenvalue weighted by molar-refractivity contribution is 7.99. The van der Waals surface area contributed by atoms with Crippen LogP contribution in [0.2, 0.25) is 0 Å². The minimum atomic E-state index is -0.159. The molecule has 2 amide bonds. The van der Waals surface area contributed by atoms with E-state index in [0.29, 0.717) is 50.0 Å². The summed E-state index contributed by atoms with van der Waals surface area (Å²) in [5.74, 6) is 1.62. The lowest BCUT2D eigenvalue weighted by Gasteiger charge is -2.27. The average molecular weight is 457 g/mol. The number of nitrogens with one attached hydrogen (secondary N) is 1. The molecule has 32 heavy (non-hydrogen) atoms. The lowest BCUT2D eigenvalue weighted by atomic mass is 10.0. The number of fused-ring (bicyclic) bond motifs is 1. The van der Waals surface area contributed by atoms with Gasteiger partial charge in [0.05, 0.1) is 25.9 Å². The lowest BCUT2D eigenvalue weighted by Crippen LogP contribution is -2.43. The Hall–Kier alpha value is -2.71. The highest BCUT2D eigenvalue weighted by Gasteiger charge is 2.23. The summed E-state index contributed by atoms with van der Waals surface area (Å²) in [7, 11) is 0. The number of carbonyl (C=O) groups is 2. The van der Waals surface area contributed by atoms with Crippen LogP contribution >= 0.6 is 11.8 Å². The molecule has 7 nitrogen and oxygen atoms in total. The second kappa shape index (κ2) is 10.7. The maximum Gasteiger partial charge on any atom is 0.260 e. The molecule has 0 aromatic heterocycles. The molecular weight excluding hydrogens is 428 g/mol. The maximum atomic E-state index is 13.0. The van der Waals surface area contributed by atoms with Crippen LogP contribution < -0.4 is 14.8 Å². The SMILES string of the molecule is CCOc1cc(C(=O)NC2CCSc3ccccc32)ccc1OCC(=O)N1CCOCC1. The summed E-state index contributed by atoms with van der Waals surface area (Å²) >= 11 is 1.82. The van der Waals surface area contributed by atoms with Gasteiger partial charge in [0.1, 0.15) is 0 Å². The Balaban J connectivity index is 1.43. The number of hydrogen-bond donors (Lipinski definition) is 1. The molecule has 2 heterocycles. The van der Waals surface area contributed by atoms with E-state index in [0.717, 1.165) is 17.7 Å². The standard InChI is InChI=1S/C24H28N2O5S/c1-2-30-21-15-17(7-8-20(21)31-16-23(27)26-10-12-29-13-11-26)24(28)25-19-9-14-32-22-6-4-3-5-18(19)22/h3-8,15,19H,2,9-14,16H2,1H3,(H,25,28). The summed E-state index contributed by atoms with van der Waals surface area (Å²) in [6, 6.07) is 13.2. The van der Waals surface area contributed by atoms with Crippen molar-refractivity contribution in [2.24, 2.45) is 0 Å². The molecule has 1 fully saturated rings. The number of nitrogens with zero attached hydrogens (tertiary/aromatic N) is 1. The second-order valence-electron chi connectivity index (χ2n) is 7.58. The Morgan fingerprint density at radius 1 is 1.12 bits per heavy atom. The van der Waals surface area contributed by atoms with E-state index in [4.69, 9.17) is 14.2 Å². The normalized spacial score (nSPS) is 17.9. The Labute approximate surface area is 192 Å². The van der Waals surface area contributed by atoms with Gasteiger partial charge in [-0.05, 0) is 43.2 Å². The van der Waals surface area contributed by atoms with E-state index < -0.39 is 0 Å². The summed E-state index contributed by atoms with van der Waals surface area (Å²) in [5, 5.41) is 3.15. The van der Waals surface area contributed by atoms with Crippen molar-refractivity contribution in [3.63, 3.8) is 0 Å². The first kappa shape index (κ1) is 22.5. The molecular formula is C24H28N2O5S. The third-order valence-electron chi connectivity index (χ3n) is 5.48. The molecule has 1 N–H and O–H groups in total. The van der Waals surface area contributed by atoms with Gasteiger partial charge in [0.2, 0.25) is 0 Å². The molecule has 0 bridgehead atoms. The maximum absolute atomic E-state index is 13.0. The van der Waals surface area contributed by atoms with E-state index in [-0.39, 0.29) is 24.5 Å². The molecule has 4 rings (SSSR count). The van der Waals surface area contributed by atoms with Crippen molar-refractivity contribution in [2.45, 2.75) is 24.3 Å². The molecule has 1 atom stereocenters. The third-order valence-corrected chi connectivity index (χ3v) is 6.61. The molecule has 0 aliphatic carbocycles. The summed E-state index contributed by atoms with van der Waals surface area (Å²) in [4.78, 5) is 28.3. The van der Waals surface area contributed by atoms with Crippen LogP contribution in [0.3, 0.4) is 0 Å². The van der Waals surface area contributed by atoms with Crippen molar-refractivity contribution < 1.29 is 23.8 Å². The molecule has 0 spiro atoms. The van der Waals surface area contributed by atoms with Crippen LogP contribution in [0.5, 0.6) is 11.5 Å². The minimum Gasteiger partial charge on any atom is -0.490 e. The predicted octanol–water partition coefficient (Wildman–Crippen LogP) is 3.29. The van der Waals surface area contributed by atoms with Crippen molar-refractivity contribution in [3.8, 4) is 11.5 Å². The third kappa shape index (κ3) is 5.37. The number of thioether (sulfide) groups is 1. The number of hydrogen-bond acceptors (Lipinski definition) is 6. The van der Waals surface area contributed by atoms with Crippen molar-refractivity contribution in [1.82, 2.24) is 10.2 Å². The summed E-state index contributed by atoms with van der Waals surface area (Å²) in [6.07, 6.45) is 0.885. The fourth-order valence-electron chi connectivity index (χ4n) is 3.81. The molecule has 2 aliphatic heterocycles. The van der Waals surface area contributed by atoms with Gasteiger partial charge in [0.25, 0.3) is 11.8 Å². The summed E-state index contributed by atoms with van der Waals surface area (Å²) in [6.45, 7) is 4.44. The Morgan fingerprint density at radius 3 is 2.75 bits per heavy atom. The van der Waals surface area contributed by atoms with Gasteiger partial charge in [-0.1, -0.05) is 18.2 Å². The lowest BCUT2D eigenvalue weighted by molar-refractivity contribution is -0.137. The van der Waals surface area contributed by atoms with Crippen LogP contribution in [0.1, 0.15) is 35.3 Å². The monoisotopic (exact) mass is 456 g/mol. The molecule has 2 aromatic rings.